The molecule has 0 spiro atoms. The van der Waals surface area contributed by atoms with Crippen LogP contribution in [0, 0.1) is 0 Å². The molecule has 0 N–H and O–H groups in total. The van der Waals surface area contributed by atoms with Crippen LogP contribution in [0.1, 0.15) is 103 Å². The van der Waals surface area contributed by atoms with Gasteiger partial charge in [-0.05, 0) is 111 Å². The second-order valence-electron chi connectivity index (χ2n) is 21.5. The summed E-state index contributed by atoms with van der Waals surface area (Å²) < 4.78 is 9.28. The van der Waals surface area contributed by atoms with Gasteiger partial charge >= 0.3 is 0 Å². The Balaban J connectivity index is 1.07. The van der Waals surface area contributed by atoms with Crippen molar-refractivity contribution in [2.24, 2.45) is 0 Å². The Hall–Kier alpha value is -7.11. The zero-order chi connectivity index (χ0) is 46.9. The lowest BCUT2D eigenvalue weighted by Crippen LogP contribution is -2.27. The van der Waals surface area contributed by atoms with Crippen LogP contribution in [0.5, 0.6) is 11.5 Å². The number of hydrogen-bond donors (Lipinski definition) is 0. The van der Waals surface area contributed by atoms with Gasteiger partial charge in [0.25, 0.3) is 0 Å². The molecule has 3 heterocycles. The van der Waals surface area contributed by atoms with Crippen molar-refractivity contribution in [3.05, 3.63) is 216 Å². The van der Waals surface area contributed by atoms with E-state index in [2.05, 4.69) is 260 Å². The first-order chi connectivity index (χ1) is 32.0. The van der Waals surface area contributed by atoms with Crippen LogP contribution in [0.4, 0.5) is 22.7 Å². The topological polar surface area (TPSA) is 33.5 Å². The summed E-state index contributed by atoms with van der Waals surface area (Å²) in [5.41, 5.74) is 13.7. The zero-order valence-corrected chi connectivity index (χ0v) is 40.7. The second-order valence-corrected chi connectivity index (χ2v) is 21.5. The lowest BCUT2D eigenvalue weighted by atomic mass is 9.73. The molecular formula is C62H62N4O. The van der Waals surface area contributed by atoms with Crippen molar-refractivity contribution in [1.29, 1.82) is 0 Å². The smallest absolute Gasteiger partial charge is 0.137 e. The molecule has 0 atom stereocenters. The van der Waals surface area contributed by atoms with Crippen LogP contribution in [-0.2, 0) is 21.7 Å². The number of hydrogen-bond acceptors (Lipinski definition) is 4. The highest BCUT2D eigenvalue weighted by molar-refractivity contribution is 6.09. The van der Waals surface area contributed by atoms with E-state index in [1.165, 1.54) is 50.1 Å². The minimum atomic E-state index is -0.241. The fourth-order valence-corrected chi connectivity index (χ4v) is 9.82. The van der Waals surface area contributed by atoms with E-state index in [4.69, 9.17) is 9.72 Å². The van der Waals surface area contributed by atoms with Gasteiger partial charge in [-0.2, -0.15) is 0 Å². The van der Waals surface area contributed by atoms with Crippen molar-refractivity contribution < 1.29 is 4.74 Å². The fourth-order valence-electron chi connectivity index (χ4n) is 9.82. The highest BCUT2D eigenvalue weighted by atomic mass is 16.5. The molecule has 10 rings (SSSR count). The number of anilines is 4. The number of fused-ring (bicyclic) bond motifs is 4. The molecule has 0 saturated heterocycles. The van der Waals surface area contributed by atoms with Gasteiger partial charge in [0.05, 0.1) is 22.4 Å². The first kappa shape index (κ1) is 43.8. The molecule has 67 heavy (non-hydrogen) atoms. The largest absolute Gasteiger partial charge is 0.457 e. The Morgan fingerprint density at radius 2 is 0.925 bits per heavy atom. The Bertz CT molecular complexity index is 3210. The van der Waals surface area contributed by atoms with E-state index in [0.29, 0.717) is 6.67 Å². The highest BCUT2D eigenvalue weighted by Crippen LogP contribution is 2.48. The normalized spacial score (nSPS) is 13.4. The molecule has 2 aromatic heterocycles. The third-order valence-corrected chi connectivity index (χ3v) is 14.2. The summed E-state index contributed by atoms with van der Waals surface area (Å²) in [5, 5.41) is 2.35. The molecule has 1 aliphatic heterocycles. The molecule has 0 radical (unpaired) electrons. The lowest BCUT2D eigenvalue weighted by molar-refractivity contribution is 0.479. The minimum Gasteiger partial charge on any atom is -0.457 e. The van der Waals surface area contributed by atoms with Gasteiger partial charge < -0.3 is 14.5 Å². The van der Waals surface area contributed by atoms with Crippen LogP contribution in [0.3, 0.4) is 0 Å². The molecule has 0 saturated carbocycles. The van der Waals surface area contributed by atoms with Crippen molar-refractivity contribution in [3.8, 4) is 17.3 Å². The maximum absolute atomic E-state index is 7.00. The first-order valence-corrected chi connectivity index (χ1v) is 23.7. The summed E-state index contributed by atoms with van der Waals surface area (Å²) in [7, 11) is 0. The Morgan fingerprint density at radius 1 is 0.403 bits per heavy atom. The number of aromatic nitrogens is 2. The third kappa shape index (κ3) is 8.05. The van der Waals surface area contributed by atoms with Gasteiger partial charge in [0.1, 0.15) is 24.0 Å². The Morgan fingerprint density at radius 3 is 1.52 bits per heavy atom. The van der Waals surface area contributed by atoms with Gasteiger partial charge in [0, 0.05) is 51.3 Å². The quantitative estimate of drug-likeness (QED) is 0.145. The van der Waals surface area contributed by atoms with E-state index in [-0.39, 0.29) is 21.7 Å². The predicted octanol–water partition coefficient (Wildman–Crippen LogP) is 16.5. The van der Waals surface area contributed by atoms with E-state index in [1.54, 1.807) is 0 Å². The van der Waals surface area contributed by atoms with Gasteiger partial charge in [-0.1, -0.05) is 166 Å². The van der Waals surface area contributed by atoms with E-state index in [9.17, 15) is 0 Å². The molecule has 0 unspecified atom stereocenters. The molecule has 0 fully saturated rings. The summed E-state index contributed by atoms with van der Waals surface area (Å²) in [6.07, 6.45) is 1.93. The summed E-state index contributed by atoms with van der Waals surface area (Å²) in [5.74, 6) is 2.47. The van der Waals surface area contributed by atoms with Crippen molar-refractivity contribution in [2.75, 3.05) is 16.5 Å². The summed E-state index contributed by atoms with van der Waals surface area (Å²) in [4.78, 5) is 9.86. The number of nitrogens with zero attached hydrogens (tertiary/aromatic N) is 4. The maximum Gasteiger partial charge on any atom is 0.137 e. The van der Waals surface area contributed by atoms with Crippen LogP contribution < -0.4 is 14.5 Å². The molecule has 0 bridgehead atoms. The van der Waals surface area contributed by atoms with Gasteiger partial charge in [0.15, 0.2) is 0 Å². The van der Waals surface area contributed by atoms with Gasteiger partial charge in [-0.3, -0.25) is 4.57 Å². The Kier molecular flexibility index (Phi) is 10.7. The summed E-state index contributed by atoms with van der Waals surface area (Å²) >= 11 is 0. The fraction of sp³-hybridized carbons (Fsp3) is 0.242. The third-order valence-electron chi connectivity index (χ3n) is 14.2. The molecule has 0 amide bonds. The number of benzene rings is 7. The van der Waals surface area contributed by atoms with Crippen LogP contribution >= 0.6 is 0 Å². The summed E-state index contributed by atoms with van der Waals surface area (Å²) in [6, 6.07) is 64.1. The van der Waals surface area contributed by atoms with E-state index in [1.807, 2.05) is 6.20 Å². The minimum absolute atomic E-state index is 0.0149. The molecule has 0 aliphatic carbocycles. The molecule has 1 aliphatic rings. The number of pyridine rings is 1. The lowest BCUT2D eigenvalue weighted by Gasteiger charge is -2.33. The predicted molar refractivity (Wildman–Crippen MR) is 282 cm³/mol. The standard InChI is InChI=1S/C62H62N4O/c1-59(2,3)44-31-32-63-58(38-44)66-54-26-18-17-25-52(54)53-30-29-50(40-57(53)66)67-51-37-45(60(4,5)6)34-49(39-51)65-41-64(55-27-19-20-28-56(55)65)48-35-46(61(7,8)42-21-13-11-14-22-42)33-47(36-48)62(9,10)43-23-15-12-16-24-43/h11-40H,41H2,1-10H3. The molecule has 5 heteroatoms. The van der Waals surface area contributed by atoms with Crippen LogP contribution in [0.25, 0.3) is 27.6 Å². The highest BCUT2D eigenvalue weighted by Gasteiger charge is 2.34. The van der Waals surface area contributed by atoms with Crippen molar-refractivity contribution in [1.82, 2.24) is 9.55 Å². The van der Waals surface area contributed by atoms with Crippen molar-refractivity contribution in [3.63, 3.8) is 0 Å². The van der Waals surface area contributed by atoms with E-state index >= 15 is 0 Å². The van der Waals surface area contributed by atoms with Crippen molar-refractivity contribution in [2.45, 2.75) is 90.9 Å². The number of para-hydroxylation sites is 3. The van der Waals surface area contributed by atoms with Crippen molar-refractivity contribution >= 4 is 44.6 Å². The zero-order valence-electron chi connectivity index (χ0n) is 40.7. The summed E-state index contributed by atoms with van der Waals surface area (Å²) in [6.45, 7) is 23.6. The molecular weight excluding hydrogens is 817 g/mol. The average Bonchev–Trinajstić information content (AvgIpc) is 3.88. The Labute approximate surface area is 397 Å². The molecule has 7 aromatic carbocycles. The van der Waals surface area contributed by atoms with Crippen LogP contribution in [-0.4, -0.2) is 16.2 Å². The van der Waals surface area contributed by atoms with Crippen LogP contribution in [0.15, 0.2) is 182 Å². The molecule has 336 valence electrons. The number of rotatable bonds is 9. The molecule has 9 aromatic rings. The monoisotopic (exact) mass is 878 g/mol. The first-order valence-electron chi connectivity index (χ1n) is 23.7. The van der Waals surface area contributed by atoms with E-state index < -0.39 is 0 Å². The number of ether oxygens (including phenoxy) is 1. The molecule has 5 nitrogen and oxygen atoms in total. The van der Waals surface area contributed by atoms with E-state index in [0.717, 1.165) is 45.1 Å². The van der Waals surface area contributed by atoms with Crippen LogP contribution in [0.2, 0.25) is 0 Å². The van der Waals surface area contributed by atoms with Gasteiger partial charge in [0.2, 0.25) is 0 Å². The maximum atomic E-state index is 7.00. The second kappa shape index (κ2) is 16.3. The van der Waals surface area contributed by atoms with Gasteiger partial charge in [-0.25, -0.2) is 4.98 Å². The van der Waals surface area contributed by atoms with Gasteiger partial charge in [-0.15, -0.1) is 0 Å². The SMILES string of the molecule is CC(C)(C)c1cc(Oc2ccc3c4ccccc4n(-c4cc(C(C)(C)C)ccn4)c3c2)cc(N2CN(c3cc(C(C)(C)c4ccccc4)cc(C(C)(C)c4ccccc4)c3)c3ccccc32)c1. The average molecular weight is 879 g/mol.